The number of halogens is 1. The third-order valence-corrected chi connectivity index (χ3v) is 7.69. The van der Waals surface area contributed by atoms with Crippen LogP contribution in [-0.4, -0.2) is 13.4 Å². The molecule has 1 saturated carbocycles. The zero-order valence-corrected chi connectivity index (χ0v) is 16.2. The molecular formula is C18H17ClN2O3S2. The van der Waals surface area contributed by atoms with E-state index in [2.05, 4.69) is 9.71 Å². The molecule has 1 aromatic carbocycles. The van der Waals surface area contributed by atoms with Gasteiger partial charge < -0.3 is 4.42 Å². The van der Waals surface area contributed by atoms with Gasteiger partial charge in [0.2, 0.25) is 10.0 Å². The maximum atomic E-state index is 12.5. The number of thiophene rings is 1. The summed E-state index contributed by atoms with van der Waals surface area (Å²) in [7, 11) is -3.59. The second kappa shape index (κ2) is 7.15. The summed E-state index contributed by atoms with van der Waals surface area (Å²) in [6, 6.07) is 10.4. The van der Waals surface area contributed by atoms with Gasteiger partial charge in [-0.2, -0.15) is 0 Å². The van der Waals surface area contributed by atoms with Gasteiger partial charge in [0.05, 0.1) is 11.1 Å². The fraction of sp³-hybridized carbons (Fsp3) is 0.278. The Hall–Kier alpha value is -1.67. The molecule has 0 amide bonds. The number of sulfonamides is 1. The standard InChI is InChI=1S/C18H17ClN2O3S2/c19-14-6-4-12(5-7-14)10-21-26(22,23)17-9-8-16(25-17)15-11-20-18(24-15)13-2-1-3-13/h4-9,11,13,21H,1-3,10H2. The average Bonchev–Trinajstić information content (AvgIpc) is 3.22. The van der Waals surface area contributed by atoms with E-state index in [0.29, 0.717) is 16.7 Å². The quantitative estimate of drug-likeness (QED) is 0.635. The fourth-order valence-corrected chi connectivity index (χ4v) is 5.14. The summed E-state index contributed by atoms with van der Waals surface area (Å²) in [5, 5.41) is 0.618. The van der Waals surface area contributed by atoms with Gasteiger partial charge in [-0.05, 0) is 42.7 Å². The van der Waals surface area contributed by atoms with Crippen LogP contribution in [0.2, 0.25) is 5.02 Å². The Labute approximate surface area is 161 Å². The lowest BCUT2D eigenvalue weighted by molar-refractivity contribution is 0.338. The van der Waals surface area contributed by atoms with Gasteiger partial charge in [0.15, 0.2) is 11.7 Å². The first kappa shape index (κ1) is 17.7. The minimum Gasteiger partial charge on any atom is -0.440 e. The summed E-state index contributed by atoms with van der Waals surface area (Å²) in [4.78, 5) is 5.09. The van der Waals surface area contributed by atoms with E-state index >= 15 is 0 Å². The Kier molecular flexibility index (Phi) is 4.88. The van der Waals surface area contributed by atoms with E-state index in [1.807, 2.05) is 0 Å². The predicted molar refractivity (Wildman–Crippen MR) is 102 cm³/mol. The molecule has 1 aliphatic rings. The van der Waals surface area contributed by atoms with Crippen molar-refractivity contribution in [3.63, 3.8) is 0 Å². The zero-order chi connectivity index (χ0) is 18.1. The zero-order valence-electron chi connectivity index (χ0n) is 13.8. The summed E-state index contributed by atoms with van der Waals surface area (Å²) in [5.74, 6) is 1.79. The minimum absolute atomic E-state index is 0.209. The molecule has 3 aromatic rings. The smallest absolute Gasteiger partial charge is 0.250 e. The van der Waals surface area contributed by atoms with Gasteiger partial charge in [-0.15, -0.1) is 11.3 Å². The Balaban J connectivity index is 1.47. The van der Waals surface area contributed by atoms with Crippen LogP contribution in [0.5, 0.6) is 0 Å². The molecule has 2 heterocycles. The average molecular weight is 409 g/mol. The molecule has 1 fully saturated rings. The Morgan fingerprint density at radius 3 is 2.65 bits per heavy atom. The number of oxazole rings is 1. The molecular weight excluding hydrogens is 392 g/mol. The Bertz CT molecular complexity index is 1010. The van der Waals surface area contributed by atoms with Crippen LogP contribution in [0.25, 0.3) is 10.6 Å². The lowest BCUT2D eigenvalue weighted by Crippen LogP contribution is -2.22. The highest BCUT2D eigenvalue weighted by atomic mass is 35.5. The molecule has 0 radical (unpaired) electrons. The number of aromatic nitrogens is 1. The summed E-state index contributed by atoms with van der Waals surface area (Å²) in [5.41, 5.74) is 0.843. The Morgan fingerprint density at radius 2 is 1.96 bits per heavy atom. The van der Waals surface area contributed by atoms with Crippen LogP contribution in [0.15, 0.2) is 51.2 Å². The molecule has 0 saturated heterocycles. The number of nitrogens with zero attached hydrogens (tertiary/aromatic N) is 1. The molecule has 4 rings (SSSR count). The Morgan fingerprint density at radius 1 is 1.19 bits per heavy atom. The van der Waals surface area contributed by atoms with E-state index in [9.17, 15) is 8.42 Å². The number of hydrogen-bond acceptors (Lipinski definition) is 5. The van der Waals surface area contributed by atoms with Gasteiger partial charge in [0.1, 0.15) is 4.21 Å². The second-order valence-electron chi connectivity index (χ2n) is 6.26. The van der Waals surface area contributed by atoms with E-state index in [1.165, 1.54) is 17.8 Å². The van der Waals surface area contributed by atoms with Gasteiger partial charge >= 0.3 is 0 Å². The SMILES string of the molecule is O=S(=O)(NCc1ccc(Cl)cc1)c1ccc(-c2cnc(C3CCC3)o2)s1. The molecule has 0 bridgehead atoms. The summed E-state index contributed by atoms with van der Waals surface area (Å²) in [6.45, 7) is 0.209. The van der Waals surface area contributed by atoms with Crippen molar-refractivity contribution in [2.75, 3.05) is 0 Å². The molecule has 5 nitrogen and oxygen atoms in total. The van der Waals surface area contributed by atoms with Crippen LogP contribution in [-0.2, 0) is 16.6 Å². The first-order valence-electron chi connectivity index (χ1n) is 8.31. The van der Waals surface area contributed by atoms with E-state index in [-0.39, 0.29) is 10.8 Å². The highest BCUT2D eigenvalue weighted by molar-refractivity contribution is 7.91. The van der Waals surface area contributed by atoms with E-state index in [1.54, 1.807) is 42.6 Å². The molecule has 1 N–H and O–H groups in total. The summed E-state index contributed by atoms with van der Waals surface area (Å²) >= 11 is 7.02. The van der Waals surface area contributed by atoms with Crippen LogP contribution < -0.4 is 4.72 Å². The number of hydrogen-bond donors (Lipinski definition) is 1. The van der Waals surface area contributed by atoms with Crippen molar-refractivity contribution in [1.82, 2.24) is 9.71 Å². The monoisotopic (exact) mass is 408 g/mol. The number of benzene rings is 1. The lowest BCUT2D eigenvalue weighted by Gasteiger charge is -2.21. The first-order valence-corrected chi connectivity index (χ1v) is 11.0. The molecule has 1 aliphatic carbocycles. The van der Waals surface area contributed by atoms with E-state index in [4.69, 9.17) is 16.0 Å². The van der Waals surface area contributed by atoms with Crippen LogP contribution in [0, 0.1) is 0 Å². The van der Waals surface area contributed by atoms with E-state index in [0.717, 1.165) is 29.2 Å². The fourth-order valence-electron chi connectivity index (χ4n) is 2.69. The number of nitrogens with one attached hydrogen (secondary N) is 1. The predicted octanol–water partition coefficient (Wildman–Crippen LogP) is 4.80. The second-order valence-corrected chi connectivity index (χ2v) is 9.77. The van der Waals surface area contributed by atoms with Crippen molar-refractivity contribution in [3.05, 3.63) is 59.1 Å². The maximum Gasteiger partial charge on any atom is 0.250 e. The molecule has 0 spiro atoms. The molecule has 0 aliphatic heterocycles. The molecule has 136 valence electrons. The van der Waals surface area contributed by atoms with Crippen molar-refractivity contribution in [2.24, 2.45) is 0 Å². The van der Waals surface area contributed by atoms with Crippen molar-refractivity contribution in [3.8, 4) is 10.6 Å². The summed E-state index contributed by atoms with van der Waals surface area (Å²) < 4.78 is 33.7. The largest absolute Gasteiger partial charge is 0.440 e. The van der Waals surface area contributed by atoms with Gasteiger partial charge in [0, 0.05) is 17.5 Å². The third-order valence-electron chi connectivity index (χ3n) is 4.45. The molecule has 8 heteroatoms. The normalized spacial score (nSPS) is 15.1. The molecule has 2 aromatic heterocycles. The summed E-state index contributed by atoms with van der Waals surface area (Å²) in [6.07, 6.45) is 5.11. The maximum absolute atomic E-state index is 12.5. The lowest BCUT2D eigenvalue weighted by atomic mass is 9.85. The van der Waals surface area contributed by atoms with Crippen LogP contribution in [0.3, 0.4) is 0 Å². The van der Waals surface area contributed by atoms with Gasteiger partial charge in [-0.1, -0.05) is 30.2 Å². The molecule has 0 atom stereocenters. The molecule has 26 heavy (non-hydrogen) atoms. The van der Waals surface area contributed by atoms with Crippen molar-refractivity contribution in [1.29, 1.82) is 0 Å². The highest BCUT2D eigenvalue weighted by Crippen LogP contribution is 2.38. The topological polar surface area (TPSA) is 72.2 Å². The minimum atomic E-state index is -3.59. The van der Waals surface area contributed by atoms with Crippen LogP contribution in [0.1, 0.15) is 36.6 Å². The first-order chi connectivity index (χ1) is 12.5. The van der Waals surface area contributed by atoms with Crippen molar-refractivity contribution < 1.29 is 12.8 Å². The van der Waals surface area contributed by atoms with E-state index < -0.39 is 10.0 Å². The number of rotatable bonds is 6. The third kappa shape index (κ3) is 3.71. The van der Waals surface area contributed by atoms with Gasteiger partial charge in [0.25, 0.3) is 0 Å². The van der Waals surface area contributed by atoms with Crippen molar-refractivity contribution >= 4 is 33.0 Å². The molecule has 0 unspecified atom stereocenters. The van der Waals surface area contributed by atoms with Crippen LogP contribution in [0.4, 0.5) is 0 Å². The van der Waals surface area contributed by atoms with Gasteiger partial charge in [-0.25, -0.2) is 18.1 Å². The highest BCUT2D eigenvalue weighted by Gasteiger charge is 2.25. The van der Waals surface area contributed by atoms with Gasteiger partial charge in [-0.3, -0.25) is 0 Å². The van der Waals surface area contributed by atoms with Crippen LogP contribution >= 0.6 is 22.9 Å². The van der Waals surface area contributed by atoms with Crippen molar-refractivity contribution in [2.45, 2.75) is 35.9 Å².